The van der Waals surface area contributed by atoms with E-state index in [2.05, 4.69) is 10.3 Å². The van der Waals surface area contributed by atoms with Crippen LogP contribution in [-0.2, 0) is 11.2 Å². The maximum atomic E-state index is 11.9. The molecule has 3 heteroatoms. The highest BCUT2D eigenvalue weighted by Crippen LogP contribution is 2.10. The van der Waals surface area contributed by atoms with Gasteiger partial charge in [0.15, 0.2) is 0 Å². The van der Waals surface area contributed by atoms with E-state index in [1.807, 2.05) is 36.4 Å². The molecule has 1 aromatic carbocycles. The molecule has 0 saturated carbocycles. The lowest BCUT2D eigenvalue weighted by Gasteiger charge is -2.01. The highest BCUT2D eigenvalue weighted by Gasteiger charge is 2.12. The van der Waals surface area contributed by atoms with Crippen molar-refractivity contribution >= 4 is 11.6 Å². The van der Waals surface area contributed by atoms with Gasteiger partial charge in [-0.15, -0.1) is 0 Å². The summed E-state index contributed by atoms with van der Waals surface area (Å²) in [5, 5.41) is 3.13. The third-order valence-corrected chi connectivity index (χ3v) is 2.75. The van der Waals surface area contributed by atoms with Crippen LogP contribution in [0, 0.1) is 0 Å². The lowest BCUT2D eigenvalue weighted by atomic mass is 10.0. The Balaban J connectivity index is 1.91. The van der Waals surface area contributed by atoms with Crippen LogP contribution in [-0.4, -0.2) is 25.2 Å². The summed E-state index contributed by atoms with van der Waals surface area (Å²) >= 11 is 0. The summed E-state index contributed by atoms with van der Waals surface area (Å²) in [6.45, 7) is 0.743. The molecule has 0 spiro atoms. The second kappa shape index (κ2) is 5.43. The fraction of sp³-hybridized carbons (Fsp3) is 0.286. The molecule has 1 heterocycles. The molecular formula is C14H16N2O. The number of nitrogens with zero attached hydrogens (tertiary/aromatic N) is 1. The van der Waals surface area contributed by atoms with Gasteiger partial charge in [-0.05, 0) is 17.2 Å². The minimum absolute atomic E-state index is 0.251. The zero-order valence-electron chi connectivity index (χ0n) is 9.94. The monoisotopic (exact) mass is 228 g/mol. The van der Waals surface area contributed by atoms with Crippen molar-refractivity contribution in [1.82, 2.24) is 5.32 Å². The molecule has 1 aliphatic rings. The molecule has 0 unspecified atom stereocenters. The highest BCUT2D eigenvalue weighted by atomic mass is 16.1. The summed E-state index contributed by atoms with van der Waals surface area (Å²) in [6, 6.07) is 9.85. The quantitative estimate of drug-likeness (QED) is 0.853. The topological polar surface area (TPSA) is 41.5 Å². The first kappa shape index (κ1) is 11.6. The van der Waals surface area contributed by atoms with Crippen LogP contribution in [0.25, 0.3) is 0 Å². The van der Waals surface area contributed by atoms with Crippen molar-refractivity contribution < 1.29 is 4.79 Å². The summed E-state index contributed by atoms with van der Waals surface area (Å²) in [5.41, 5.74) is 2.19. The average Bonchev–Trinajstić information content (AvgIpc) is 2.78. The third kappa shape index (κ3) is 3.28. The summed E-state index contributed by atoms with van der Waals surface area (Å²) in [5.74, 6) is 1.12. The van der Waals surface area contributed by atoms with E-state index in [1.54, 1.807) is 7.05 Å². The van der Waals surface area contributed by atoms with Crippen molar-refractivity contribution in [3.63, 3.8) is 0 Å². The van der Waals surface area contributed by atoms with Crippen LogP contribution in [0.15, 0.2) is 47.0 Å². The Kier molecular flexibility index (Phi) is 3.70. The average molecular weight is 228 g/mol. The van der Waals surface area contributed by atoms with E-state index in [0.29, 0.717) is 12.8 Å². The molecule has 3 nitrogen and oxygen atoms in total. The molecular weight excluding hydrogens is 212 g/mol. The highest BCUT2D eigenvalue weighted by molar-refractivity contribution is 5.97. The number of benzene rings is 1. The van der Waals surface area contributed by atoms with Crippen molar-refractivity contribution in [2.24, 2.45) is 4.99 Å². The second-order valence-corrected chi connectivity index (χ2v) is 4.14. The predicted octanol–water partition coefficient (Wildman–Crippen LogP) is 1.75. The summed E-state index contributed by atoms with van der Waals surface area (Å²) in [4.78, 5) is 15.9. The number of ketones is 1. The molecule has 0 bridgehead atoms. The number of hydrogen-bond acceptors (Lipinski definition) is 2. The van der Waals surface area contributed by atoms with E-state index in [4.69, 9.17) is 0 Å². The van der Waals surface area contributed by atoms with E-state index in [9.17, 15) is 4.79 Å². The van der Waals surface area contributed by atoms with Gasteiger partial charge in [0.25, 0.3) is 0 Å². The number of hydrogen-bond donors (Lipinski definition) is 1. The van der Waals surface area contributed by atoms with Crippen LogP contribution in [0.4, 0.5) is 0 Å². The molecule has 0 radical (unpaired) electrons. The smallest absolute Gasteiger partial charge is 0.141 e. The Hall–Kier alpha value is -1.90. The first-order valence-corrected chi connectivity index (χ1v) is 5.73. The van der Waals surface area contributed by atoms with Gasteiger partial charge in [-0.2, -0.15) is 0 Å². The molecule has 0 amide bonds. The summed E-state index contributed by atoms with van der Waals surface area (Å²) < 4.78 is 0. The van der Waals surface area contributed by atoms with Gasteiger partial charge in [-0.25, -0.2) is 0 Å². The van der Waals surface area contributed by atoms with E-state index >= 15 is 0 Å². The molecule has 88 valence electrons. The Morgan fingerprint density at radius 3 is 2.71 bits per heavy atom. The van der Waals surface area contributed by atoms with Crippen molar-refractivity contribution in [2.75, 3.05) is 13.6 Å². The number of carbonyl (C=O) groups is 1. The van der Waals surface area contributed by atoms with Crippen LogP contribution < -0.4 is 5.32 Å². The number of Topliss-reactive ketones (excluding diaryl/α,β-unsaturated/α-hetero) is 1. The molecule has 17 heavy (non-hydrogen) atoms. The number of amidine groups is 1. The molecule has 0 saturated heterocycles. The number of aliphatic imine (C=N–C) groups is 1. The van der Waals surface area contributed by atoms with E-state index in [0.717, 1.165) is 23.5 Å². The molecule has 1 aromatic rings. The van der Waals surface area contributed by atoms with Gasteiger partial charge in [0.2, 0.25) is 0 Å². The Morgan fingerprint density at radius 2 is 2.06 bits per heavy atom. The van der Waals surface area contributed by atoms with Gasteiger partial charge in [0, 0.05) is 26.4 Å². The summed E-state index contributed by atoms with van der Waals surface area (Å²) in [7, 11) is 1.74. The zero-order chi connectivity index (χ0) is 12.1. The largest absolute Gasteiger partial charge is 0.367 e. The molecule has 0 aromatic heterocycles. The standard InChI is InChI=1S/C14H16N2O/c1-15-14-9-12(10-16-14)8-13(17)7-11-5-3-2-4-6-11/h2-6,9H,7-8,10H2,1H3,(H,15,16). The number of rotatable bonds is 4. The van der Waals surface area contributed by atoms with Gasteiger partial charge in [0.05, 0.1) is 0 Å². The van der Waals surface area contributed by atoms with Gasteiger partial charge in [-0.3, -0.25) is 9.79 Å². The minimum atomic E-state index is 0.251. The van der Waals surface area contributed by atoms with Crippen LogP contribution >= 0.6 is 0 Å². The van der Waals surface area contributed by atoms with Crippen LogP contribution in [0.2, 0.25) is 0 Å². The first-order valence-electron chi connectivity index (χ1n) is 5.73. The molecule has 1 N–H and O–H groups in total. The lowest BCUT2D eigenvalue weighted by Crippen LogP contribution is -2.16. The Morgan fingerprint density at radius 1 is 1.29 bits per heavy atom. The predicted molar refractivity (Wildman–Crippen MR) is 69.2 cm³/mol. The summed E-state index contributed by atoms with van der Waals surface area (Å²) in [6.07, 6.45) is 2.99. The second-order valence-electron chi connectivity index (χ2n) is 4.14. The molecule has 1 aliphatic heterocycles. The van der Waals surface area contributed by atoms with E-state index in [1.165, 1.54) is 0 Å². The van der Waals surface area contributed by atoms with Gasteiger partial charge < -0.3 is 5.32 Å². The van der Waals surface area contributed by atoms with E-state index < -0.39 is 0 Å². The minimum Gasteiger partial charge on any atom is -0.367 e. The van der Waals surface area contributed by atoms with Crippen molar-refractivity contribution in [2.45, 2.75) is 12.8 Å². The fourth-order valence-electron chi connectivity index (χ4n) is 1.90. The molecule has 0 aliphatic carbocycles. The Labute approximate surface area is 101 Å². The van der Waals surface area contributed by atoms with Crippen LogP contribution in [0.1, 0.15) is 12.0 Å². The zero-order valence-corrected chi connectivity index (χ0v) is 9.94. The molecule has 0 atom stereocenters. The van der Waals surface area contributed by atoms with Crippen molar-refractivity contribution in [3.8, 4) is 0 Å². The number of carbonyl (C=O) groups excluding carboxylic acids is 1. The van der Waals surface area contributed by atoms with Gasteiger partial charge >= 0.3 is 0 Å². The van der Waals surface area contributed by atoms with Gasteiger partial charge in [-0.1, -0.05) is 30.3 Å². The van der Waals surface area contributed by atoms with Gasteiger partial charge in [0.1, 0.15) is 11.6 Å². The third-order valence-electron chi connectivity index (χ3n) is 2.75. The van der Waals surface area contributed by atoms with Crippen LogP contribution in [0.5, 0.6) is 0 Å². The first-order chi connectivity index (χ1) is 8.28. The van der Waals surface area contributed by atoms with Crippen molar-refractivity contribution in [1.29, 1.82) is 0 Å². The van der Waals surface area contributed by atoms with Crippen molar-refractivity contribution in [3.05, 3.63) is 47.5 Å². The maximum absolute atomic E-state index is 11.9. The SMILES string of the molecule is CN=C1C=C(CC(=O)Cc2ccccc2)CN1. The Bertz CT molecular complexity index is 460. The van der Waals surface area contributed by atoms with Crippen LogP contribution in [0.3, 0.4) is 0 Å². The fourth-order valence-corrected chi connectivity index (χ4v) is 1.90. The molecule has 0 fully saturated rings. The molecule has 2 rings (SSSR count). The maximum Gasteiger partial charge on any atom is 0.141 e. The lowest BCUT2D eigenvalue weighted by molar-refractivity contribution is -0.117. The normalized spacial score (nSPS) is 16.8. The van der Waals surface area contributed by atoms with E-state index in [-0.39, 0.29) is 5.78 Å². The number of nitrogens with one attached hydrogen (secondary N) is 1.